The van der Waals surface area contributed by atoms with Gasteiger partial charge >= 0.3 is 0 Å². The third-order valence-corrected chi connectivity index (χ3v) is 5.12. The quantitative estimate of drug-likeness (QED) is 0.616. The lowest BCUT2D eigenvalue weighted by atomic mass is 10.2. The van der Waals surface area contributed by atoms with Crippen LogP contribution in [0.5, 0.6) is 0 Å². The van der Waals surface area contributed by atoms with E-state index in [1.165, 1.54) is 11.8 Å². The second-order valence-electron chi connectivity index (χ2n) is 5.99. The summed E-state index contributed by atoms with van der Waals surface area (Å²) >= 11 is 6.71. The van der Waals surface area contributed by atoms with Gasteiger partial charge in [-0.2, -0.15) is 0 Å². The van der Waals surface area contributed by atoms with Gasteiger partial charge in [0.2, 0.25) is 0 Å². The van der Waals surface area contributed by atoms with Gasteiger partial charge in [-0.15, -0.1) is 0 Å². The number of morpholine rings is 1. The Hall–Kier alpha value is -1.15. The number of carbonyl (C=O) groups excluding carboxylic acids is 1. The molecule has 2 unspecified atom stereocenters. The predicted octanol–water partition coefficient (Wildman–Crippen LogP) is 2.86. The maximum absolute atomic E-state index is 12.6. The lowest BCUT2D eigenvalue weighted by molar-refractivity contribution is -0.126. The van der Waals surface area contributed by atoms with Gasteiger partial charge in [0.05, 0.1) is 23.8 Å². The molecular weight excluding hydrogens is 332 g/mol. The molecule has 23 heavy (non-hydrogen) atoms. The molecule has 1 aromatic rings. The largest absolute Gasteiger partial charge is 0.462 e. The van der Waals surface area contributed by atoms with Crippen LogP contribution in [-0.4, -0.2) is 52.0 Å². The fourth-order valence-corrected chi connectivity index (χ4v) is 4.10. The summed E-state index contributed by atoms with van der Waals surface area (Å²) in [6.07, 6.45) is 2.09. The van der Waals surface area contributed by atoms with Crippen molar-refractivity contribution >= 4 is 40.3 Å². The molecule has 2 atom stereocenters. The molecule has 0 radical (unpaired) electrons. The van der Waals surface area contributed by atoms with Gasteiger partial charge < -0.3 is 9.15 Å². The van der Waals surface area contributed by atoms with Crippen LogP contribution in [0.25, 0.3) is 6.08 Å². The van der Waals surface area contributed by atoms with Gasteiger partial charge in [-0.1, -0.05) is 24.0 Å². The first-order chi connectivity index (χ1) is 10.9. The maximum Gasteiger partial charge on any atom is 0.267 e. The van der Waals surface area contributed by atoms with Crippen LogP contribution in [0, 0.1) is 6.92 Å². The van der Waals surface area contributed by atoms with Gasteiger partial charge in [-0.25, -0.2) is 0 Å². The third kappa shape index (κ3) is 3.85. The van der Waals surface area contributed by atoms with Crippen LogP contribution in [0.15, 0.2) is 21.5 Å². The fourth-order valence-electron chi connectivity index (χ4n) is 2.88. The molecule has 2 aliphatic heterocycles. The van der Waals surface area contributed by atoms with Crippen molar-refractivity contribution in [2.24, 2.45) is 0 Å². The van der Waals surface area contributed by atoms with Crippen molar-refractivity contribution in [2.45, 2.75) is 33.0 Å². The summed E-state index contributed by atoms with van der Waals surface area (Å²) in [7, 11) is 0. The standard InChI is InChI=1S/C16H20N2O3S2/c1-10-4-5-13(21-10)6-14-15(19)18(16(22)23-14)9-17-7-11(2)20-12(3)8-17/h4-6,11-12H,7-9H2,1-3H3/b14-6-. The monoisotopic (exact) mass is 352 g/mol. The van der Waals surface area contributed by atoms with Crippen molar-refractivity contribution in [3.05, 3.63) is 28.6 Å². The Morgan fingerprint density at radius 1 is 1.35 bits per heavy atom. The minimum Gasteiger partial charge on any atom is -0.462 e. The normalized spacial score (nSPS) is 28.1. The number of rotatable bonds is 3. The number of ether oxygens (including phenoxy) is 1. The Morgan fingerprint density at radius 3 is 2.65 bits per heavy atom. The number of aryl methyl sites for hydroxylation is 1. The second kappa shape index (κ2) is 6.76. The zero-order valence-corrected chi connectivity index (χ0v) is 15.1. The number of hydrogen-bond donors (Lipinski definition) is 0. The minimum atomic E-state index is -0.0548. The van der Waals surface area contributed by atoms with E-state index in [4.69, 9.17) is 21.4 Å². The summed E-state index contributed by atoms with van der Waals surface area (Å²) < 4.78 is 11.8. The number of furan rings is 1. The summed E-state index contributed by atoms with van der Waals surface area (Å²) in [4.78, 5) is 17.1. The van der Waals surface area contributed by atoms with E-state index in [-0.39, 0.29) is 18.1 Å². The summed E-state index contributed by atoms with van der Waals surface area (Å²) in [5.74, 6) is 1.44. The molecule has 0 bridgehead atoms. The first-order valence-electron chi connectivity index (χ1n) is 7.62. The van der Waals surface area contributed by atoms with Gasteiger partial charge in [-0.3, -0.25) is 14.6 Å². The molecule has 2 aliphatic rings. The van der Waals surface area contributed by atoms with Crippen LogP contribution in [0.4, 0.5) is 0 Å². The minimum absolute atomic E-state index is 0.0548. The number of carbonyl (C=O) groups is 1. The first-order valence-corrected chi connectivity index (χ1v) is 8.84. The van der Waals surface area contributed by atoms with Crippen molar-refractivity contribution in [1.82, 2.24) is 9.80 Å². The highest BCUT2D eigenvalue weighted by Crippen LogP contribution is 2.33. The van der Waals surface area contributed by atoms with Crippen LogP contribution < -0.4 is 0 Å². The number of thiocarbonyl (C=S) groups is 1. The lowest BCUT2D eigenvalue weighted by Gasteiger charge is -2.36. The van der Waals surface area contributed by atoms with Crippen molar-refractivity contribution in [1.29, 1.82) is 0 Å². The van der Waals surface area contributed by atoms with Crippen molar-refractivity contribution in [2.75, 3.05) is 19.8 Å². The van der Waals surface area contributed by atoms with E-state index < -0.39 is 0 Å². The van der Waals surface area contributed by atoms with E-state index in [1.54, 1.807) is 11.0 Å². The molecule has 0 N–H and O–H groups in total. The van der Waals surface area contributed by atoms with Gasteiger partial charge in [0.1, 0.15) is 15.8 Å². The van der Waals surface area contributed by atoms with E-state index in [0.29, 0.717) is 21.7 Å². The number of hydrogen-bond acceptors (Lipinski definition) is 6. The van der Waals surface area contributed by atoms with E-state index in [0.717, 1.165) is 18.8 Å². The summed E-state index contributed by atoms with van der Waals surface area (Å²) in [6, 6.07) is 3.73. The van der Waals surface area contributed by atoms with Crippen molar-refractivity contribution in [3.63, 3.8) is 0 Å². The Balaban J connectivity index is 1.70. The summed E-state index contributed by atoms with van der Waals surface area (Å²) in [5, 5.41) is 0. The number of nitrogens with zero attached hydrogens (tertiary/aromatic N) is 2. The molecule has 0 spiro atoms. The molecule has 3 rings (SSSR count). The van der Waals surface area contributed by atoms with Gasteiger partial charge in [0.15, 0.2) is 0 Å². The molecule has 0 saturated carbocycles. The zero-order chi connectivity index (χ0) is 16.6. The maximum atomic E-state index is 12.6. The average molecular weight is 352 g/mol. The SMILES string of the molecule is Cc1ccc(/C=C2\SC(=S)N(CN3CC(C)OC(C)C3)C2=O)o1. The Bertz CT molecular complexity index is 646. The highest BCUT2D eigenvalue weighted by Gasteiger charge is 2.34. The highest BCUT2D eigenvalue weighted by molar-refractivity contribution is 8.26. The molecule has 2 saturated heterocycles. The van der Waals surface area contributed by atoms with E-state index in [9.17, 15) is 4.79 Å². The molecule has 5 nitrogen and oxygen atoms in total. The number of amides is 1. The summed E-state index contributed by atoms with van der Waals surface area (Å²) in [6.45, 7) is 8.09. The van der Waals surface area contributed by atoms with Gasteiger partial charge in [0.25, 0.3) is 5.91 Å². The van der Waals surface area contributed by atoms with E-state index in [2.05, 4.69) is 4.90 Å². The van der Waals surface area contributed by atoms with Crippen molar-refractivity contribution in [3.8, 4) is 0 Å². The molecule has 0 aromatic carbocycles. The highest BCUT2D eigenvalue weighted by atomic mass is 32.2. The van der Waals surface area contributed by atoms with Crippen LogP contribution in [0.1, 0.15) is 25.4 Å². The van der Waals surface area contributed by atoms with E-state index >= 15 is 0 Å². The molecule has 2 fully saturated rings. The van der Waals surface area contributed by atoms with E-state index in [1.807, 2.05) is 32.9 Å². The first kappa shape index (κ1) is 16.7. The predicted molar refractivity (Wildman–Crippen MR) is 94.9 cm³/mol. The molecule has 1 amide bonds. The molecule has 124 valence electrons. The molecule has 7 heteroatoms. The van der Waals surface area contributed by atoms with Crippen molar-refractivity contribution < 1.29 is 13.9 Å². The summed E-state index contributed by atoms with van der Waals surface area (Å²) in [5.41, 5.74) is 0. The Morgan fingerprint density at radius 2 is 2.04 bits per heavy atom. The third-order valence-electron chi connectivity index (χ3n) is 3.74. The molecule has 1 aromatic heterocycles. The topological polar surface area (TPSA) is 45.9 Å². The number of thioether (sulfide) groups is 1. The second-order valence-corrected chi connectivity index (χ2v) is 7.67. The smallest absolute Gasteiger partial charge is 0.267 e. The Kier molecular flexibility index (Phi) is 4.91. The zero-order valence-electron chi connectivity index (χ0n) is 13.4. The molecular formula is C16H20N2O3S2. The van der Waals surface area contributed by atoms with Gasteiger partial charge in [-0.05, 0) is 32.9 Å². The fraction of sp³-hybridized carbons (Fsp3) is 0.500. The molecule has 3 heterocycles. The van der Waals surface area contributed by atoms with Crippen LogP contribution in [0.3, 0.4) is 0 Å². The van der Waals surface area contributed by atoms with Crippen LogP contribution in [0.2, 0.25) is 0 Å². The van der Waals surface area contributed by atoms with Gasteiger partial charge in [0, 0.05) is 19.2 Å². The molecule has 0 aliphatic carbocycles. The lowest BCUT2D eigenvalue weighted by Crippen LogP contribution is -2.50. The Labute approximate surface area is 145 Å². The van der Waals surface area contributed by atoms with Crippen LogP contribution >= 0.6 is 24.0 Å². The average Bonchev–Trinajstić information content (AvgIpc) is 2.97. The van der Waals surface area contributed by atoms with Crippen LogP contribution in [-0.2, 0) is 9.53 Å².